The molecule has 1 amide bonds. The number of piperazine rings is 1. The second-order valence-electron chi connectivity index (χ2n) is 7.09. The van der Waals surface area contributed by atoms with Crippen LogP contribution in [0, 0.1) is 0 Å². The van der Waals surface area contributed by atoms with Crippen LogP contribution in [0.4, 0.5) is 0 Å². The van der Waals surface area contributed by atoms with Gasteiger partial charge in [-0.15, -0.1) is 0 Å². The molecule has 1 fully saturated rings. The summed E-state index contributed by atoms with van der Waals surface area (Å²) in [6.07, 6.45) is 0.299. The van der Waals surface area contributed by atoms with E-state index in [1.54, 1.807) is 21.3 Å². The molecule has 0 radical (unpaired) electrons. The van der Waals surface area contributed by atoms with Crippen molar-refractivity contribution < 1.29 is 23.7 Å². The van der Waals surface area contributed by atoms with E-state index in [2.05, 4.69) is 4.90 Å². The standard InChI is InChI=1S/C23H30N2O5/c1-27-20-15-18(16-21(28-2)23(20)29-3)17-22(26)25-11-9-24(10-12-25)13-14-30-19-7-5-4-6-8-19/h4-8,15-16H,9-14,17H2,1-3H3. The highest BCUT2D eigenvalue weighted by atomic mass is 16.5. The van der Waals surface area contributed by atoms with E-state index in [0.29, 0.717) is 43.4 Å². The number of benzene rings is 2. The Labute approximate surface area is 178 Å². The Morgan fingerprint density at radius 3 is 2.10 bits per heavy atom. The summed E-state index contributed by atoms with van der Waals surface area (Å²) >= 11 is 0. The first kappa shape index (κ1) is 21.8. The van der Waals surface area contributed by atoms with Crippen LogP contribution in [0.25, 0.3) is 0 Å². The average Bonchev–Trinajstić information content (AvgIpc) is 2.79. The minimum atomic E-state index is 0.101. The Kier molecular flexibility index (Phi) is 7.79. The number of methoxy groups -OCH3 is 3. The first-order chi connectivity index (χ1) is 14.6. The van der Waals surface area contributed by atoms with E-state index in [4.69, 9.17) is 18.9 Å². The van der Waals surface area contributed by atoms with Gasteiger partial charge >= 0.3 is 0 Å². The smallest absolute Gasteiger partial charge is 0.227 e. The Balaban J connectivity index is 1.48. The fourth-order valence-electron chi connectivity index (χ4n) is 3.55. The van der Waals surface area contributed by atoms with Crippen molar-refractivity contribution in [2.75, 3.05) is 60.7 Å². The monoisotopic (exact) mass is 414 g/mol. The van der Waals surface area contributed by atoms with E-state index >= 15 is 0 Å². The maximum atomic E-state index is 12.8. The molecule has 2 aromatic carbocycles. The van der Waals surface area contributed by atoms with Gasteiger partial charge in [0.05, 0.1) is 27.8 Å². The summed E-state index contributed by atoms with van der Waals surface area (Å²) in [5.41, 5.74) is 0.841. The maximum Gasteiger partial charge on any atom is 0.227 e. The molecule has 0 atom stereocenters. The molecule has 0 bridgehead atoms. The molecular weight excluding hydrogens is 384 g/mol. The van der Waals surface area contributed by atoms with Crippen LogP contribution in [0.2, 0.25) is 0 Å². The van der Waals surface area contributed by atoms with Crippen molar-refractivity contribution in [1.29, 1.82) is 0 Å². The zero-order chi connectivity index (χ0) is 21.3. The molecule has 1 saturated heterocycles. The third kappa shape index (κ3) is 5.57. The summed E-state index contributed by atoms with van der Waals surface area (Å²) < 4.78 is 21.9. The van der Waals surface area contributed by atoms with Gasteiger partial charge in [0.15, 0.2) is 11.5 Å². The van der Waals surface area contributed by atoms with Crippen LogP contribution >= 0.6 is 0 Å². The van der Waals surface area contributed by atoms with Crippen molar-refractivity contribution in [3.63, 3.8) is 0 Å². The topological polar surface area (TPSA) is 60.5 Å². The molecule has 3 rings (SSSR count). The average molecular weight is 415 g/mol. The summed E-state index contributed by atoms with van der Waals surface area (Å²) in [7, 11) is 4.71. The third-order valence-electron chi connectivity index (χ3n) is 5.22. The predicted octanol–water partition coefficient (Wildman–Crippen LogP) is 2.48. The molecule has 162 valence electrons. The molecule has 0 aromatic heterocycles. The predicted molar refractivity (Wildman–Crippen MR) is 115 cm³/mol. The summed E-state index contributed by atoms with van der Waals surface area (Å²) in [5.74, 6) is 2.63. The Morgan fingerprint density at radius 2 is 1.53 bits per heavy atom. The lowest BCUT2D eigenvalue weighted by atomic mass is 10.1. The lowest BCUT2D eigenvalue weighted by Gasteiger charge is -2.34. The van der Waals surface area contributed by atoms with E-state index in [0.717, 1.165) is 30.9 Å². The van der Waals surface area contributed by atoms with Gasteiger partial charge in [-0.3, -0.25) is 9.69 Å². The number of para-hydroxylation sites is 1. The van der Waals surface area contributed by atoms with Crippen LogP contribution in [0.15, 0.2) is 42.5 Å². The molecule has 0 unspecified atom stereocenters. The van der Waals surface area contributed by atoms with Gasteiger partial charge in [-0.1, -0.05) is 18.2 Å². The van der Waals surface area contributed by atoms with Crippen LogP contribution in [0.3, 0.4) is 0 Å². The van der Waals surface area contributed by atoms with Crippen LogP contribution in [-0.2, 0) is 11.2 Å². The van der Waals surface area contributed by atoms with Crippen LogP contribution in [-0.4, -0.2) is 76.4 Å². The van der Waals surface area contributed by atoms with E-state index in [1.165, 1.54) is 0 Å². The summed E-state index contributed by atoms with van der Waals surface area (Å²) in [6, 6.07) is 13.5. The Bertz CT molecular complexity index is 795. The maximum absolute atomic E-state index is 12.8. The van der Waals surface area contributed by atoms with E-state index in [-0.39, 0.29) is 5.91 Å². The first-order valence-electron chi connectivity index (χ1n) is 10.1. The molecule has 1 heterocycles. The van der Waals surface area contributed by atoms with E-state index < -0.39 is 0 Å². The third-order valence-corrected chi connectivity index (χ3v) is 5.22. The Hall–Kier alpha value is -2.93. The molecule has 30 heavy (non-hydrogen) atoms. The number of hydrogen-bond acceptors (Lipinski definition) is 6. The molecule has 2 aromatic rings. The SMILES string of the molecule is COc1cc(CC(=O)N2CCN(CCOc3ccccc3)CC2)cc(OC)c1OC. The molecule has 7 nitrogen and oxygen atoms in total. The highest BCUT2D eigenvalue weighted by Crippen LogP contribution is 2.38. The molecule has 1 aliphatic rings. The number of rotatable bonds is 9. The largest absolute Gasteiger partial charge is 0.493 e. The molecule has 0 saturated carbocycles. The normalized spacial score (nSPS) is 14.3. The minimum absolute atomic E-state index is 0.101. The summed E-state index contributed by atoms with van der Waals surface area (Å²) in [4.78, 5) is 17.0. The highest BCUT2D eigenvalue weighted by Gasteiger charge is 2.22. The molecule has 1 aliphatic heterocycles. The van der Waals surface area contributed by atoms with Gasteiger partial charge in [-0.2, -0.15) is 0 Å². The summed E-state index contributed by atoms with van der Waals surface area (Å²) in [6.45, 7) is 4.62. The van der Waals surface area contributed by atoms with Gasteiger partial charge in [0.25, 0.3) is 0 Å². The van der Waals surface area contributed by atoms with Gasteiger partial charge in [-0.25, -0.2) is 0 Å². The molecular formula is C23H30N2O5. The summed E-state index contributed by atoms with van der Waals surface area (Å²) in [5, 5.41) is 0. The minimum Gasteiger partial charge on any atom is -0.493 e. The van der Waals surface area contributed by atoms with Crippen molar-refractivity contribution in [2.24, 2.45) is 0 Å². The van der Waals surface area contributed by atoms with Gasteiger partial charge in [-0.05, 0) is 29.8 Å². The van der Waals surface area contributed by atoms with Crippen molar-refractivity contribution in [2.45, 2.75) is 6.42 Å². The van der Waals surface area contributed by atoms with Gasteiger partial charge in [0, 0.05) is 32.7 Å². The Morgan fingerprint density at radius 1 is 0.900 bits per heavy atom. The van der Waals surface area contributed by atoms with Crippen LogP contribution in [0.5, 0.6) is 23.0 Å². The fraction of sp³-hybridized carbons (Fsp3) is 0.435. The van der Waals surface area contributed by atoms with E-state index in [1.807, 2.05) is 47.4 Å². The van der Waals surface area contributed by atoms with Gasteiger partial charge in [0.2, 0.25) is 11.7 Å². The van der Waals surface area contributed by atoms with Gasteiger partial charge < -0.3 is 23.8 Å². The number of amides is 1. The van der Waals surface area contributed by atoms with Crippen LogP contribution < -0.4 is 18.9 Å². The first-order valence-corrected chi connectivity index (χ1v) is 10.1. The highest BCUT2D eigenvalue weighted by molar-refractivity contribution is 5.79. The number of hydrogen-bond donors (Lipinski definition) is 0. The lowest BCUT2D eigenvalue weighted by Crippen LogP contribution is -2.49. The molecule has 0 spiro atoms. The zero-order valence-electron chi connectivity index (χ0n) is 17.9. The van der Waals surface area contributed by atoms with Crippen molar-refractivity contribution in [3.8, 4) is 23.0 Å². The fourth-order valence-corrected chi connectivity index (χ4v) is 3.55. The number of carbonyl (C=O) groups excluding carboxylic acids is 1. The van der Waals surface area contributed by atoms with E-state index in [9.17, 15) is 4.79 Å². The lowest BCUT2D eigenvalue weighted by molar-refractivity contribution is -0.132. The van der Waals surface area contributed by atoms with Crippen molar-refractivity contribution in [3.05, 3.63) is 48.0 Å². The van der Waals surface area contributed by atoms with Gasteiger partial charge in [0.1, 0.15) is 12.4 Å². The quantitative estimate of drug-likeness (QED) is 0.628. The number of nitrogens with zero attached hydrogens (tertiary/aromatic N) is 2. The second-order valence-corrected chi connectivity index (χ2v) is 7.09. The molecule has 7 heteroatoms. The molecule has 0 N–H and O–H groups in total. The molecule has 0 aliphatic carbocycles. The number of ether oxygens (including phenoxy) is 4. The van der Waals surface area contributed by atoms with Crippen LogP contribution in [0.1, 0.15) is 5.56 Å². The number of carbonyl (C=O) groups is 1. The second kappa shape index (κ2) is 10.7. The van der Waals surface area contributed by atoms with Crippen molar-refractivity contribution in [1.82, 2.24) is 9.80 Å². The zero-order valence-corrected chi connectivity index (χ0v) is 17.9. The van der Waals surface area contributed by atoms with Crippen molar-refractivity contribution >= 4 is 5.91 Å².